The number of fused-ring (bicyclic) bond motifs is 1. The zero-order chi connectivity index (χ0) is 24.7. The van der Waals surface area contributed by atoms with Crippen LogP contribution in [-0.2, 0) is 34.9 Å². The third-order valence-corrected chi connectivity index (χ3v) is 8.65. The molecule has 2 aliphatic rings. The second-order valence-electron chi connectivity index (χ2n) is 9.77. The lowest BCUT2D eigenvalue weighted by atomic mass is 9.98. The SMILES string of the molecule is Cn1cc(-c2nc(Cl)cn2CC2CCOCC2)c2nn(CC3CCN(S(C)(=O)=O)CC3)cc2c1=O. The fourth-order valence-corrected chi connectivity index (χ4v) is 6.24. The monoisotopic (exact) mass is 522 g/mol. The Morgan fingerprint density at radius 1 is 1.06 bits per heavy atom. The highest BCUT2D eigenvalue weighted by molar-refractivity contribution is 7.88. The van der Waals surface area contributed by atoms with Crippen molar-refractivity contribution in [3.63, 3.8) is 0 Å². The number of aryl methyl sites for hydroxylation is 1. The fourth-order valence-electron chi connectivity index (χ4n) is 5.17. The summed E-state index contributed by atoms with van der Waals surface area (Å²) < 4.78 is 36.1. The van der Waals surface area contributed by atoms with E-state index >= 15 is 0 Å². The molecule has 2 saturated heterocycles. The summed E-state index contributed by atoms with van der Waals surface area (Å²) in [5.74, 6) is 1.47. The van der Waals surface area contributed by atoms with E-state index in [-0.39, 0.29) is 5.56 Å². The molecule has 0 atom stereocenters. The van der Waals surface area contributed by atoms with Gasteiger partial charge < -0.3 is 13.9 Å². The average molecular weight is 523 g/mol. The molecule has 0 amide bonds. The molecule has 0 saturated carbocycles. The number of aromatic nitrogens is 5. The normalized spacial score (nSPS) is 19.1. The first-order valence-corrected chi connectivity index (χ1v) is 14.2. The van der Waals surface area contributed by atoms with Gasteiger partial charge in [-0.3, -0.25) is 9.48 Å². The molecule has 0 bridgehead atoms. The van der Waals surface area contributed by atoms with Crippen LogP contribution in [0.5, 0.6) is 0 Å². The molecule has 10 nitrogen and oxygen atoms in total. The summed E-state index contributed by atoms with van der Waals surface area (Å²) in [6, 6.07) is 0. The highest BCUT2D eigenvalue weighted by Crippen LogP contribution is 2.29. The van der Waals surface area contributed by atoms with E-state index in [2.05, 4.69) is 9.55 Å². The summed E-state index contributed by atoms with van der Waals surface area (Å²) >= 11 is 6.34. The maximum absolute atomic E-state index is 12.9. The van der Waals surface area contributed by atoms with Gasteiger partial charge in [0.1, 0.15) is 16.5 Å². The average Bonchev–Trinajstić information content (AvgIpc) is 3.40. The van der Waals surface area contributed by atoms with E-state index < -0.39 is 10.0 Å². The summed E-state index contributed by atoms with van der Waals surface area (Å²) in [6.07, 6.45) is 10.2. The molecule has 190 valence electrons. The van der Waals surface area contributed by atoms with Gasteiger partial charge in [-0.2, -0.15) is 5.10 Å². The number of imidazole rings is 1. The van der Waals surface area contributed by atoms with Gasteiger partial charge in [0.05, 0.1) is 17.2 Å². The van der Waals surface area contributed by atoms with Gasteiger partial charge in [-0.1, -0.05) is 11.6 Å². The number of ether oxygens (including phenoxy) is 1. The maximum atomic E-state index is 12.9. The first kappa shape index (κ1) is 24.5. The van der Waals surface area contributed by atoms with Crippen molar-refractivity contribution in [3.8, 4) is 11.4 Å². The number of sulfonamides is 1. The van der Waals surface area contributed by atoms with Crippen molar-refractivity contribution in [1.82, 2.24) is 28.2 Å². The van der Waals surface area contributed by atoms with Crippen LogP contribution < -0.4 is 5.56 Å². The van der Waals surface area contributed by atoms with Gasteiger partial charge in [-0.15, -0.1) is 0 Å². The minimum Gasteiger partial charge on any atom is -0.381 e. The van der Waals surface area contributed by atoms with Gasteiger partial charge in [0, 0.05) is 65.0 Å². The number of piperidine rings is 1. The Morgan fingerprint density at radius 2 is 1.74 bits per heavy atom. The smallest absolute Gasteiger partial charge is 0.261 e. The maximum Gasteiger partial charge on any atom is 0.261 e. The van der Waals surface area contributed by atoms with E-state index in [0.29, 0.717) is 53.4 Å². The first-order chi connectivity index (χ1) is 16.7. The quantitative estimate of drug-likeness (QED) is 0.492. The third kappa shape index (κ3) is 5.18. The molecule has 2 fully saturated rings. The Morgan fingerprint density at radius 3 is 2.43 bits per heavy atom. The molecule has 5 rings (SSSR count). The van der Waals surface area contributed by atoms with E-state index in [1.54, 1.807) is 24.0 Å². The van der Waals surface area contributed by atoms with Crippen molar-refractivity contribution in [2.24, 2.45) is 18.9 Å². The Balaban J connectivity index is 1.45. The van der Waals surface area contributed by atoms with E-state index in [0.717, 1.165) is 51.0 Å². The molecule has 0 aromatic carbocycles. The van der Waals surface area contributed by atoms with Gasteiger partial charge in [0.25, 0.3) is 5.56 Å². The summed E-state index contributed by atoms with van der Waals surface area (Å²) in [6.45, 7) is 3.97. The van der Waals surface area contributed by atoms with E-state index in [1.807, 2.05) is 10.9 Å². The minimum absolute atomic E-state index is 0.115. The van der Waals surface area contributed by atoms with Crippen molar-refractivity contribution < 1.29 is 13.2 Å². The molecule has 35 heavy (non-hydrogen) atoms. The molecule has 0 N–H and O–H groups in total. The van der Waals surface area contributed by atoms with Crippen molar-refractivity contribution in [1.29, 1.82) is 0 Å². The molecule has 0 spiro atoms. The van der Waals surface area contributed by atoms with Crippen molar-refractivity contribution in [2.75, 3.05) is 32.6 Å². The number of pyridine rings is 1. The lowest BCUT2D eigenvalue weighted by Crippen LogP contribution is -2.38. The second-order valence-corrected chi connectivity index (χ2v) is 12.1. The van der Waals surface area contributed by atoms with Gasteiger partial charge in [0.15, 0.2) is 0 Å². The molecule has 0 radical (unpaired) electrons. The predicted octanol–water partition coefficient (Wildman–Crippen LogP) is 2.35. The summed E-state index contributed by atoms with van der Waals surface area (Å²) in [7, 11) is -1.43. The number of hydrogen-bond acceptors (Lipinski definition) is 6. The zero-order valence-electron chi connectivity index (χ0n) is 20.1. The van der Waals surface area contributed by atoms with Crippen molar-refractivity contribution in [3.05, 3.63) is 34.1 Å². The predicted molar refractivity (Wildman–Crippen MR) is 134 cm³/mol. The van der Waals surface area contributed by atoms with Gasteiger partial charge >= 0.3 is 0 Å². The number of nitrogens with zero attached hydrogens (tertiary/aromatic N) is 6. The van der Waals surface area contributed by atoms with Gasteiger partial charge in [-0.05, 0) is 37.5 Å². The summed E-state index contributed by atoms with van der Waals surface area (Å²) in [4.78, 5) is 17.5. The Kier molecular flexibility index (Phi) is 6.77. The molecule has 3 aromatic rings. The Hall–Kier alpha value is -2.21. The number of rotatable bonds is 6. The zero-order valence-corrected chi connectivity index (χ0v) is 21.6. The Labute approximate surface area is 209 Å². The molecule has 12 heteroatoms. The molecule has 3 aromatic heterocycles. The molecular weight excluding hydrogens is 492 g/mol. The minimum atomic E-state index is -3.16. The molecule has 2 aliphatic heterocycles. The van der Waals surface area contributed by atoms with Crippen molar-refractivity contribution >= 4 is 32.5 Å². The number of hydrogen-bond donors (Lipinski definition) is 0. The van der Waals surface area contributed by atoms with Gasteiger partial charge in [-0.25, -0.2) is 17.7 Å². The fraction of sp³-hybridized carbons (Fsp3) is 0.609. The molecule has 5 heterocycles. The third-order valence-electron chi connectivity index (χ3n) is 7.16. The van der Waals surface area contributed by atoms with Crippen LogP contribution in [0.15, 0.2) is 23.4 Å². The summed E-state index contributed by atoms with van der Waals surface area (Å²) in [5.41, 5.74) is 1.26. The van der Waals surface area contributed by atoms with E-state index in [9.17, 15) is 13.2 Å². The lowest BCUT2D eigenvalue weighted by molar-refractivity contribution is 0.0614. The molecule has 0 unspecified atom stereocenters. The summed E-state index contributed by atoms with van der Waals surface area (Å²) in [5, 5.41) is 5.75. The second kappa shape index (κ2) is 9.68. The lowest BCUT2D eigenvalue weighted by Gasteiger charge is -2.30. The van der Waals surface area contributed by atoms with Gasteiger partial charge in [0.2, 0.25) is 10.0 Å². The number of halogens is 1. The van der Waals surface area contributed by atoms with Crippen LogP contribution in [0.3, 0.4) is 0 Å². The van der Waals surface area contributed by atoms with Crippen LogP contribution in [0.4, 0.5) is 0 Å². The largest absolute Gasteiger partial charge is 0.381 e. The van der Waals surface area contributed by atoms with E-state index in [1.165, 1.54) is 10.6 Å². The van der Waals surface area contributed by atoms with Crippen LogP contribution in [-0.4, -0.2) is 69.2 Å². The molecule has 0 aliphatic carbocycles. The van der Waals surface area contributed by atoms with Crippen molar-refractivity contribution in [2.45, 2.75) is 38.8 Å². The van der Waals surface area contributed by atoms with E-state index in [4.69, 9.17) is 21.4 Å². The van der Waals surface area contributed by atoms with Crippen LogP contribution >= 0.6 is 11.6 Å². The van der Waals surface area contributed by atoms with Crippen LogP contribution in [0.25, 0.3) is 22.3 Å². The highest BCUT2D eigenvalue weighted by atomic mass is 35.5. The van der Waals surface area contributed by atoms with Crippen LogP contribution in [0, 0.1) is 11.8 Å². The highest BCUT2D eigenvalue weighted by Gasteiger charge is 2.26. The van der Waals surface area contributed by atoms with Crippen LogP contribution in [0.2, 0.25) is 5.15 Å². The standard InChI is InChI=1S/C23H31ClN6O4S/c1-27-13-18(22-25-20(24)15-28(22)11-17-5-9-34-10-6-17)21-19(23(27)31)14-29(26-21)12-16-3-7-30(8-4-16)35(2,32)33/h13-17H,3-12H2,1-2H3. The van der Waals surface area contributed by atoms with Crippen LogP contribution in [0.1, 0.15) is 25.7 Å². The Bertz CT molecular complexity index is 1380. The molecular formula is C23H31ClN6O4S. The topological polar surface area (TPSA) is 104 Å². The first-order valence-electron chi connectivity index (χ1n) is 12.0.